The molecule has 1 aromatic heterocycles. The molecule has 2 rings (SSSR count). The predicted octanol–water partition coefficient (Wildman–Crippen LogP) is 3.62. The quantitative estimate of drug-likeness (QED) is 0.807. The SMILES string of the molecule is CCCOc1ccc(Oc2nnc(CNC(C)C)s2)cc1. The van der Waals surface area contributed by atoms with Crippen molar-refractivity contribution in [3.63, 3.8) is 0 Å². The highest BCUT2D eigenvalue weighted by molar-refractivity contribution is 7.13. The van der Waals surface area contributed by atoms with E-state index in [-0.39, 0.29) is 0 Å². The molecular weight excluding hydrogens is 286 g/mol. The van der Waals surface area contributed by atoms with Crippen molar-refractivity contribution in [3.8, 4) is 16.7 Å². The van der Waals surface area contributed by atoms with E-state index < -0.39 is 0 Å². The van der Waals surface area contributed by atoms with E-state index in [1.807, 2.05) is 24.3 Å². The van der Waals surface area contributed by atoms with Crippen LogP contribution in [0.2, 0.25) is 0 Å². The van der Waals surface area contributed by atoms with Gasteiger partial charge >= 0.3 is 0 Å². The highest BCUT2D eigenvalue weighted by Gasteiger charge is 2.07. The highest BCUT2D eigenvalue weighted by atomic mass is 32.1. The molecule has 2 aromatic rings. The van der Waals surface area contributed by atoms with Gasteiger partial charge in [0.2, 0.25) is 0 Å². The summed E-state index contributed by atoms with van der Waals surface area (Å²) < 4.78 is 11.2. The molecule has 6 heteroatoms. The number of hydrogen-bond donors (Lipinski definition) is 1. The maximum atomic E-state index is 5.69. The van der Waals surface area contributed by atoms with Crippen LogP contribution >= 0.6 is 11.3 Å². The van der Waals surface area contributed by atoms with Crippen molar-refractivity contribution in [2.45, 2.75) is 39.8 Å². The lowest BCUT2D eigenvalue weighted by Crippen LogP contribution is -2.21. The van der Waals surface area contributed by atoms with Gasteiger partial charge in [-0.05, 0) is 30.7 Å². The highest BCUT2D eigenvalue weighted by Crippen LogP contribution is 2.26. The van der Waals surface area contributed by atoms with E-state index in [0.717, 1.165) is 29.5 Å². The largest absolute Gasteiger partial charge is 0.494 e. The summed E-state index contributed by atoms with van der Waals surface area (Å²) in [7, 11) is 0. The van der Waals surface area contributed by atoms with Crippen LogP contribution in [0.4, 0.5) is 0 Å². The van der Waals surface area contributed by atoms with Gasteiger partial charge in [0, 0.05) is 6.04 Å². The van der Waals surface area contributed by atoms with Crippen LogP contribution in [0, 0.1) is 0 Å². The van der Waals surface area contributed by atoms with Gasteiger partial charge in [0.05, 0.1) is 13.2 Å². The summed E-state index contributed by atoms with van der Waals surface area (Å²) in [5.41, 5.74) is 0. The fourth-order valence-electron chi connectivity index (χ4n) is 1.57. The average molecular weight is 307 g/mol. The van der Waals surface area contributed by atoms with Gasteiger partial charge < -0.3 is 14.8 Å². The minimum absolute atomic E-state index is 0.425. The topological polar surface area (TPSA) is 56.3 Å². The fourth-order valence-corrected chi connectivity index (χ4v) is 2.23. The molecule has 0 saturated heterocycles. The van der Waals surface area contributed by atoms with E-state index in [9.17, 15) is 0 Å². The molecule has 0 atom stereocenters. The molecule has 0 fully saturated rings. The molecule has 1 N–H and O–H groups in total. The number of rotatable bonds is 8. The molecule has 0 saturated carbocycles. The standard InChI is InChI=1S/C15H21N3O2S/c1-4-9-19-12-5-7-13(8-6-12)20-15-18-17-14(21-15)10-16-11(2)3/h5-8,11,16H,4,9-10H2,1-3H3. The van der Waals surface area contributed by atoms with Crippen LogP contribution in [0.5, 0.6) is 16.7 Å². The van der Waals surface area contributed by atoms with Gasteiger partial charge in [-0.15, -0.1) is 5.10 Å². The lowest BCUT2D eigenvalue weighted by atomic mass is 10.3. The average Bonchev–Trinajstić information content (AvgIpc) is 2.92. The maximum absolute atomic E-state index is 5.69. The Morgan fingerprint density at radius 3 is 2.52 bits per heavy atom. The molecule has 0 unspecified atom stereocenters. The second-order valence-corrected chi connectivity index (χ2v) is 5.94. The monoisotopic (exact) mass is 307 g/mol. The Labute approximate surface area is 129 Å². The molecule has 0 aliphatic heterocycles. The summed E-state index contributed by atoms with van der Waals surface area (Å²) in [6, 6.07) is 7.96. The first-order valence-corrected chi connectivity index (χ1v) is 7.95. The Kier molecular flexibility index (Phi) is 5.95. The normalized spacial score (nSPS) is 10.9. The Morgan fingerprint density at radius 1 is 1.14 bits per heavy atom. The minimum atomic E-state index is 0.425. The molecular formula is C15H21N3O2S. The molecule has 1 aromatic carbocycles. The lowest BCUT2D eigenvalue weighted by molar-refractivity contribution is 0.317. The molecule has 0 amide bonds. The Hall–Kier alpha value is -1.66. The Bertz CT molecular complexity index is 540. The van der Waals surface area contributed by atoms with Crippen LogP contribution in [0.25, 0.3) is 0 Å². The number of nitrogens with one attached hydrogen (secondary N) is 1. The number of aromatic nitrogens is 2. The van der Waals surface area contributed by atoms with Gasteiger partial charge in [-0.3, -0.25) is 0 Å². The molecule has 21 heavy (non-hydrogen) atoms. The van der Waals surface area contributed by atoms with E-state index in [1.165, 1.54) is 11.3 Å². The first-order valence-electron chi connectivity index (χ1n) is 7.14. The van der Waals surface area contributed by atoms with Crippen LogP contribution < -0.4 is 14.8 Å². The third kappa shape index (κ3) is 5.32. The summed E-state index contributed by atoms with van der Waals surface area (Å²) >= 11 is 1.45. The predicted molar refractivity (Wildman–Crippen MR) is 84.2 cm³/mol. The molecule has 114 valence electrons. The Balaban J connectivity index is 1.89. The second kappa shape index (κ2) is 7.95. The molecule has 1 heterocycles. The van der Waals surface area contributed by atoms with Crippen molar-refractivity contribution < 1.29 is 9.47 Å². The maximum Gasteiger partial charge on any atom is 0.299 e. The van der Waals surface area contributed by atoms with E-state index >= 15 is 0 Å². The Morgan fingerprint density at radius 2 is 1.86 bits per heavy atom. The summed E-state index contributed by atoms with van der Waals surface area (Å²) in [6.07, 6.45) is 0.996. The van der Waals surface area contributed by atoms with Gasteiger partial charge in [0.25, 0.3) is 5.19 Å². The van der Waals surface area contributed by atoms with E-state index in [1.54, 1.807) is 0 Å². The summed E-state index contributed by atoms with van der Waals surface area (Å²) in [6.45, 7) is 7.71. The molecule has 0 aliphatic rings. The van der Waals surface area contributed by atoms with Crippen LogP contribution in [-0.4, -0.2) is 22.8 Å². The molecule has 5 nitrogen and oxygen atoms in total. The summed E-state index contributed by atoms with van der Waals surface area (Å²) in [5, 5.41) is 12.9. The van der Waals surface area contributed by atoms with Gasteiger partial charge in [-0.25, -0.2) is 0 Å². The van der Waals surface area contributed by atoms with Crippen LogP contribution in [0.1, 0.15) is 32.2 Å². The van der Waals surface area contributed by atoms with Crippen molar-refractivity contribution >= 4 is 11.3 Å². The van der Waals surface area contributed by atoms with Crippen molar-refractivity contribution in [2.24, 2.45) is 0 Å². The first kappa shape index (κ1) is 15.7. The number of benzene rings is 1. The molecule has 0 radical (unpaired) electrons. The van der Waals surface area contributed by atoms with Gasteiger partial charge in [0.1, 0.15) is 16.5 Å². The summed E-state index contributed by atoms with van der Waals surface area (Å²) in [5.74, 6) is 1.58. The van der Waals surface area contributed by atoms with E-state index in [0.29, 0.717) is 17.8 Å². The molecule has 0 spiro atoms. The van der Waals surface area contributed by atoms with E-state index in [2.05, 4.69) is 36.3 Å². The van der Waals surface area contributed by atoms with Crippen molar-refractivity contribution in [1.82, 2.24) is 15.5 Å². The zero-order chi connectivity index (χ0) is 15.1. The molecule has 0 aliphatic carbocycles. The minimum Gasteiger partial charge on any atom is -0.494 e. The van der Waals surface area contributed by atoms with Crippen LogP contribution in [0.3, 0.4) is 0 Å². The van der Waals surface area contributed by atoms with Gasteiger partial charge in [-0.1, -0.05) is 37.2 Å². The molecule has 0 bridgehead atoms. The third-order valence-electron chi connectivity index (χ3n) is 2.61. The second-order valence-electron chi connectivity index (χ2n) is 4.92. The zero-order valence-electron chi connectivity index (χ0n) is 12.6. The van der Waals surface area contributed by atoms with Gasteiger partial charge in [-0.2, -0.15) is 0 Å². The van der Waals surface area contributed by atoms with Crippen LogP contribution in [-0.2, 0) is 6.54 Å². The smallest absolute Gasteiger partial charge is 0.299 e. The van der Waals surface area contributed by atoms with Crippen molar-refractivity contribution in [2.75, 3.05) is 6.61 Å². The third-order valence-corrected chi connectivity index (χ3v) is 3.41. The summed E-state index contributed by atoms with van der Waals surface area (Å²) in [4.78, 5) is 0. The fraction of sp³-hybridized carbons (Fsp3) is 0.467. The van der Waals surface area contributed by atoms with Crippen molar-refractivity contribution in [1.29, 1.82) is 0 Å². The number of hydrogen-bond acceptors (Lipinski definition) is 6. The number of ether oxygens (including phenoxy) is 2. The van der Waals surface area contributed by atoms with Crippen LogP contribution in [0.15, 0.2) is 24.3 Å². The van der Waals surface area contributed by atoms with E-state index in [4.69, 9.17) is 9.47 Å². The van der Waals surface area contributed by atoms with Crippen molar-refractivity contribution in [3.05, 3.63) is 29.3 Å². The van der Waals surface area contributed by atoms with Gasteiger partial charge in [0.15, 0.2) is 0 Å². The first-order chi connectivity index (χ1) is 10.2. The lowest BCUT2D eigenvalue weighted by Gasteiger charge is -2.05. The number of nitrogens with zero attached hydrogens (tertiary/aromatic N) is 2. The zero-order valence-corrected chi connectivity index (χ0v) is 13.4.